The minimum absolute atomic E-state index is 0. The van der Waals surface area contributed by atoms with Crippen molar-refractivity contribution in [1.82, 2.24) is 0 Å². The molecule has 0 aliphatic carbocycles. The topological polar surface area (TPSA) is 25.3 Å². The van der Waals surface area contributed by atoms with Crippen molar-refractivity contribution >= 4 is 11.4 Å². The van der Waals surface area contributed by atoms with Gasteiger partial charge in [0.2, 0.25) is 11.4 Å². The van der Waals surface area contributed by atoms with E-state index in [0.717, 1.165) is 48.2 Å². The molecule has 1 aliphatic rings. The average molecular weight is 577 g/mol. The van der Waals surface area contributed by atoms with E-state index in [2.05, 4.69) is 76.2 Å². The van der Waals surface area contributed by atoms with Crippen LogP contribution in [0.15, 0.2) is 59.7 Å². The Bertz CT molecular complexity index is 1030. The summed E-state index contributed by atoms with van der Waals surface area (Å²) in [5.41, 5.74) is 21.3. The zero-order chi connectivity index (χ0) is 25.0. The summed E-state index contributed by atoms with van der Waals surface area (Å²) in [7, 11) is 0. The first kappa shape index (κ1) is 30.4. The largest absolute Gasteiger partial charge is 0.493 e. The zero-order valence-electron chi connectivity index (χ0n) is 23.0. The molecular formula is C33H46N2Pd. The van der Waals surface area contributed by atoms with Crippen LogP contribution in [0.5, 0.6) is 0 Å². The van der Waals surface area contributed by atoms with Gasteiger partial charge in [0, 0.05) is 42.7 Å². The third kappa shape index (κ3) is 8.09. The predicted molar refractivity (Wildman–Crippen MR) is 151 cm³/mol. The van der Waals surface area contributed by atoms with Gasteiger partial charge in [0.1, 0.15) is 0 Å². The molecule has 198 valence electrons. The van der Waals surface area contributed by atoms with Crippen molar-refractivity contribution in [2.75, 3.05) is 0 Å². The van der Waals surface area contributed by atoms with Crippen LogP contribution in [0.25, 0.3) is 16.9 Å². The fourth-order valence-electron chi connectivity index (χ4n) is 5.23. The van der Waals surface area contributed by atoms with Gasteiger partial charge in [-0.25, -0.2) is 4.70 Å². The Morgan fingerprint density at radius 3 is 1.72 bits per heavy atom. The maximum absolute atomic E-state index is 11.7. The van der Waals surface area contributed by atoms with E-state index in [-0.39, 0.29) is 20.4 Å². The van der Waals surface area contributed by atoms with Crippen LogP contribution in [0.2, 0.25) is 0 Å². The standard InChI is InChI=1S/C33H46N2.Pd/c1-5-8-11-14-16-27-17-15-18-29(25-27)33-31(20-13-10-7-3)30(19-12-9-6-2)32(35(33)34)28-23-21-26(4)22-24-28;/h15,17-18,21-25H,5-14,16,19-20H2,1-4H3;. The minimum atomic E-state index is 0. The summed E-state index contributed by atoms with van der Waals surface area (Å²) < 4.78 is 1.53. The van der Waals surface area contributed by atoms with E-state index in [0.29, 0.717) is 0 Å². The number of benzene rings is 2. The van der Waals surface area contributed by atoms with Crippen molar-refractivity contribution in [3.8, 4) is 0 Å². The molecule has 0 aromatic heterocycles. The maximum atomic E-state index is 11.7. The summed E-state index contributed by atoms with van der Waals surface area (Å²) in [6, 6.07) is 17.6. The summed E-state index contributed by atoms with van der Waals surface area (Å²) in [5, 5.41) is 0. The molecule has 0 N–H and O–H groups in total. The first-order valence-corrected chi connectivity index (χ1v) is 14.2. The van der Waals surface area contributed by atoms with Crippen LogP contribution in [0.3, 0.4) is 0 Å². The van der Waals surface area contributed by atoms with E-state index in [4.69, 9.17) is 0 Å². The summed E-state index contributed by atoms with van der Waals surface area (Å²) in [6.45, 7) is 8.91. The number of rotatable bonds is 15. The molecule has 0 spiro atoms. The zero-order valence-corrected chi connectivity index (χ0v) is 24.6. The second-order valence-corrected chi connectivity index (χ2v) is 10.3. The van der Waals surface area contributed by atoms with Crippen molar-refractivity contribution in [3.05, 3.63) is 87.5 Å². The molecule has 0 saturated carbocycles. The SMILES string of the molecule is CCCCCCc1cccc(C2=C(CCCCC)C(CCCCC)=C(c3ccc(C)cc3)[N+]2=[N-])c1.[Pd]. The molecule has 1 aliphatic heterocycles. The molecule has 2 aromatic rings. The van der Waals surface area contributed by atoms with Gasteiger partial charge < -0.3 is 5.53 Å². The second kappa shape index (κ2) is 16.1. The van der Waals surface area contributed by atoms with Crippen LogP contribution >= 0.6 is 0 Å². The molecule has 0 unspecified atom stereocenters. The van der Waals surface area contributed by atoms with Gasteiger partial charge in [0.15, 0.2) is 0 Å². The molecule has 36 heavy (non-hydrogen) atoms. The first-order chi connectivity index (χ1) is 17.1. The number of aryl methyl sites for hydroxylation is 2. The van der Waals surface area contributed by atoms with Crippen molar-refractivity contribution < 1.29 is 25.1 Å². The normalized spacial score (nSPS) is 13.5. The van der Waals surface area contributed by atoms with Gasteiger partial charge in [-0.15, -0.1) is 0 Å². The Kier molecular flexibility index (Phi) is 13.6. The van der Waals surface area contributed by atoms with Crippen molar-refractivity contribution in [2.45, 2.75) is 111 Å². The van der Waals surface area contributed by atoms with Gasteiger partial charge in [-0.05, 0) is 75.3 Å². The molecule has 2 aromatic carbocycles. The smallest absolute Gasteiger partial charge is 0.211 e. The van der Waals surface area contributed by atoms with Crippen LogP contribution in [-0.4, -0.2) is 4.70 Å². The quantitative estimate of drug-likeness (QED) is 0.114. The number of allylic oxidation sites excluding steroid dienone is 2. The number of nitrogens with zero attached hydrogens (tertiary/aromatic N) is 2. The molecule has 0 saturated heterocycles. The van der Waals surface area contributed by atoms with E-state index in [9.17, 15) is 5.53 Å². The minimum Gasteiger partial charge on any atom is -0.493 e. The number of hydrogen-bond acceptors (Lipinski definition) is 0. The van der Waals surface area contributed by atoms with Gasteiger partial charge in [0.25, 0.3) is 0 Å². The van der Waals surface area contributed by atoms with Crippen molar-refractivity contribution in [1.29, 1.82) is 0 Å². The maximum Gasteiger partial charge on any atom is 0.211 e. The Morgan fingerprint density at radius 2 is 1.14 bits per heavy atom. The van der Waals surface area contributed by atoms with Gasteiger partial charge in [0.05, 0.1) is 0 Å². The Hall–Kier alpha value is -1.82. The molecule has 3 heteroatoms. The molecule has 0 fully saturated rings. The van der Waals surface area contributed by atoms with E-state index in [1.807, 2.05) is 0 Å². The van der Waals surface area contributed by atoms with Gasteiger partial charge >= 0.3 is 0 Å². The van der Waals surface area contributed by atoms with Crippen molar-refractivity contribution in [3.63, 3.8) is 0 Å². The Balaban J connectivity index is 0.00000456. The van der Waals surface area contributed by atoms with Crippen LogP contribution in [-0.2, 0) is 26.8 Å². The third-order valence-corrected chi connectivity index (χ3v) is 7.26. The number of unbranched alkanes of at least 4 members (excludes halogenated alkanes) is 7. The molecule has 2 nitrogen and oxygen atoms in total. The van der Waals surface area contributed by atoms with Crippen LogP contribution in [0, 0.1) is 6.92 Å². The Labute approximate surface area is 234 Å². The van der Waals surface area contributed by atoms with E-state index in [1.54, 1.807) is 0 Å². The first-order valence-electron chi connectivity index (χ1n) is 14.2. The summed E-state index contributed by atoms with van der Waals surface area (Å²) >= 11 is 0. The monoisotopic (exact) mass is 576 g/mol. The van der Waals surface area contributed by atoms with Crippen LogP contribution < -0.4 is 0 Å². The van der Waals surface area contributed by atoms with Crippen LogP contribution in [0.4, 0.5) is 0 Å². The molecule has 0 amide bonds. The molecular weight excluding hydrogens is 531 g/mol. The molecule has 0 atom stereocenters. The average Bonchev–Trinajstić information content (AvgIpc) is 3.14. The van der Waals surface area contributed by atoms with E-state index >= 15 is 0 Å². The van der Waals surface area contributed by atoms with Gasteiger partial charge in [-0.1, -0.05) is 95.5 Å². The summed E-state index contributed by atoms with van der Waals surface area (Å²) in [6.07, 6.45) is 15.4. The third-order valence-electron chi connectivity index (χ3n) is 7.26. The Morgan fingerprint density at radius 1 is 0.611 bits per heavy atom. The second-order valence-electron chi connectivity index (χ2n) is 10.3. The summed E-state index contributed by atoms with van der Waals surface area (Å²) in [4.78, 5) is 0. The molecule has 3 rings (SSSR count). The fraction of sp³-hybridized carbons (Fsp3) is 0.515. The molecule has 1 heterocycles. The molecule has 0 bridgehead atoms. The number of hydrogen-bond donors (Lipinski definition) is 0. The van der Waals surface area contributed by atoms with E-state index < -0.39 is 0 Å². The predicted octanol–water partition coefficient (Wildman–Crippen LogP) is 10.4. The summed E-state index contributed by atoms with van der Waals surface area (Å²) in [5.74, 6) is 0. The van der Waals surface area contributed by atoms with Crippen LogP contribution in [0.1, 0.15) is 120 Å². The van der Waals surface area contributed by atoms with E-state index in [1.165, 1.54) is 84.8 Å². The molecule has 0 radical (unpaired) electrons. The van der Waals surface area contributed by atoms with Crippen molar-refractivity contribution in [2.24, 2.45) is 0 Å². The fourth-order valence-corrected chi connectivity index (χ4v) is 5.23. The van der Waals surface area contributed by atoms with Gasteiger partial charge in [-0.3, -0.25) is 0 Å². The van der Waals surface area contributed by atoms with Gasteiger partial charge in [-0.2, -0.15) is 0 Å².